The average Bonchev–Trinajstić information content (AvgIpc) is 3.49. The minimum atomic E-state index is 0.0162. The van der Waals surface area contributed by atoms with E-state index in [0.717, 1.165) is 58.2 Å². The van der Waals surface area contributed by atoms with Crippen molar-refractivity contribution in [2.24, 2.45) is 0 Å². The Balaban J connectivity index is 1.34. The number of nitrogens with zero attached hydrogens (tertiary/aromatic N) is 3. The maximum Gasteiger partial charge on any atom is 0.227 e. The first-order valence-electron chi connectivity index (χ1n) is 10.2. The molecule has 0 saturated carbocycles. The highest BCUT2D eigenvalue weighted by Gasteiger charge is 2.31. The van der Waals surface area contributed by atoms with Crippen molar-refractivity contribution in [3.63, 3.8) is 0 Å². The number of para-hydroxylation sites is 1. The minimum absolute atomic E-state index is 0.0162. The number of aryl methyl sites for hydroxylation is 1. The number of benzene rings is 1. The molecule has 0 radical (unpaired) electrons. The average molecular weight is 418 g/mol. The van der Waals surface area contributed by atoms with Crippen LogP contribution in [0.2, 0.25) is 0 Å². The molecule has 3 aromatic heterocycles. The van der Waals surface area contributed by atoms with Gasteiger partial charge in [0, 0.05) is 29.0 Å². The molecule has 152 valence electrons. The van der Waals surface area contributed by atoms with E-state index in [1.165, 1.54) is 0 Å². The van der Waals surface area contributed by atoms with Crippen molar-refractivity contribution in [2.45, 2.75) is 32.2 Å². The Morgan fingerprint density at radius 3 is 3.00 bits per heavy atom. The second kappa shape index (κ2) is 7.91. The summed E-state index contributed by atoms with van der Waals surface area (Å²) in [5.41, 5.74) is 4.03. The van der Waals surface area contributed by atoms with Gasteiger partial charge in [0.05, 0.1) is 23.9 Å². The van der Waals surface area contributed by atoms with Crippen LogP contribution >= 0.6 is 11.3 Å². The van der Waals surface area contributed by atoms with Gasteiger partial charge < -0.3 is 15.2 Å². The molecular weight excluding hydrogens is 394 g/mol. The molecule has 1 aliphatic rings. The Bertz CT molecular complexity index is 1200. The van der Waals surface area contributed by atoms with Crippen molar-refractivity contribution in [1.82, 2.24) is 19.9 Å². The molecule has 6 nitrogen and oxygen atoms in total. The molecule has 1 saturated heterocycles. The van der Waals surface area contributed by atoms with E-state index in [9.17, 15) is 4.79 Å². The van der Waals surface area contributed by atoms with Crippen LogP contribution in [0.1, 0.15) is 35.8 Å². The lowest BCUT2D eigenvalue weighted by Crippen LogP contribution is -2.32. The lowest BCUT2D eigenvalue weighted by atomic mass is 10.1. The first-order valence-corrected chi connectivity index (χ1v) is 11.1. The van der Waals surface area contributed by atoms with Gasteiger partial charge in [-0.05, 0) is 43.5 Å². The highest BCUT2D eigenvalue weighted by atomic mass is 32.1. The number of hydrogen-bond acceptors (Lipinski definition) is 5. The number of anilines is 2. The first kappa shape index (κ1) is 18.8. The van der Waals surface area contributed by atoms with Crippen LogP contribution in [0.25, 0.3) is 10.9 Å². The minimum Gasteiger partial charge on any atom is -0.361 e. The van der Waals surface area contributed by atoms with E-state index in [1.54, 1.807) is 11.3 Å². The molecule has 1 fully saturated rings. The smallest absolute Gasteiger partial charge is 0.227 e. The van der Waals surface area contributed by atoms with Gasteiger partial charge in [-0.25, -0.2) is 9.97 Å². The Kier molecular flexibility index (Phi) is 4.96. The first-order chi connectivity index (χ1) is 14.7. The molecular formula is C23H23N5OS. The van der Waals surface area contributed by atoms with Gasteiger partial charge in [-0.3, -0.25) is 4.79 Å². The van der Waals surface area contributed by atoms with Gasteiger partial charge in [0.15, 0.2) is 5.13 Å². The van der Waals surface area contributed by atoms with Crippen molar-refractivity contribution in [2.75, 3.05) is 11.9 Å². The molecule has 7 heteroatoms. The Hall–Kier alpha value is -3.19. The summed E-state index contributed by atoms with van der Waals surface area (Å²) < 4.78 is 0. The fourth-order valence-electron chi connectivity index (χ4n) is 4.14. The zero-order chi connectivity index (χ0) is 20.5. The van der Waals surface area contributed by atoms with Crippen molar-refractivity contribution in [3.05, 3.63) is 71.0 Å². The van der Waals surface area contributed by atoms with E-state index < -0.39 is 0 Å². The van der Waals surface area contributed by atoms with Crippen LogP contribution < -0.4 is 5.32 Å². The zero-order valence-corrected chi connectivity index (χ0v) is 17.6. The summed E-state index contributed by atoms with van der Waals surface area (Å²) in [5.74, 6) is 0.913. The highest BCUT2D eigenvalue weighted by Crippen LogP contribution is 2.33. The van der Waals surface area contributed by atoms with Crippen molar-refractivity contribution >= 4 is 39.1 Å². The lowest BCUT2D eigenvalue weighted by Gasteiger charge is -2.24. The van der Waals surface area contributed by atoms with Gasteiger partial charge in [-0.2, -0.15) is 0 Å². The predicted octanol–water partition coefficient (Wildman–Crippen LogP) is 4.98. The largest absolute Gasteiger partial charge is 0.361 e. The second-order valence-electron chi connectivity index (χ2n) is 7.65. The Labute approximate surface area is 179 Å². The number of nitrogens with one attached hydrogen (secondary N) is 2. The summed E-state index contributed by atoms with van der Waals surface area (Å²) in [4.78, 5) is 27.7. The summed E-state index contributed by atoms with van der Waals surface area (Å²) in [7, 11) is 0. The van der Waals surface area contributed by atoms with Gasteiger partial charge in [0.1, 0.15) is 5.82 Å². The fraction of sp³-hybridized carbons (Fsp3) is 0.261. The third kappa shape index (κ3) is 3.68. The van der Waals surface area contributed by atoms with Crippen LogP contribution in [0.15, 0.2) is 54.0 Å². The van der Waals surface area contributed by atoms with E-state index in [0.29, 0.717) is 6.42 Å². The number of H-pyrrole nitrogens is 1. The van der Waals surface area contributed by atoms with Crippen molar-refractivity contribution in [3.8, 4) is 0 Å². The lowest BCUT2D eigenvalue weighted by molar-refractivity contribution is -0.131. The number of rotatable bonds is 5. The molecule has 30 heavy (non-hydrogen) atoms. The van der Waals surface area contributed by atoms with Crippen molar-refractivity contribution in [1.29, 1.82) is 0 Å². The number of likely N-dealkylation sites (tertiary alicyclic amines) is 1. The molecule has 0 aliphatic carbocycles. The molecule has 2 N–H and O–H groups in total. The number of aromatic nitrogens is 3. The molecule has 4 aromatic rings. The SMILES string of the molecule is Cc1csc(Nc2cccc([C@@H]3CCCN3C(=O)Cc3c[nH]c4ccccc34)n2)n1. The Morgan fingerprint density at radius 1 is 1.23 bits per heavy atom. The maximum absolute atomic E-state index is 13.2. The van der Waals surface area contributed by atoms with Crippen LogP contribution in [0.5, 0.6) is 0 Å². The third-order valence-electron chi connectivity index (χ3n) is 5.56. The van der Waals surface area contributed by atoms with Gasteiger partial charge in [-0.1, -0.05) is 24.3 Å². The molecule has 0 spiro atoms. The van der Waals surface area contributed by atoms with E-state index in [4.69, 9.17) is 4.98 Å². The zero-order valence-electron chi connectivity index (χ0n) is 16.8. The van der Waals surface area contributed by atoms with Crippen LogP contribution in [0, 0.1) is 6.92 Å². The van der Waals surface area contributed by atoms with Gasteiger partial charge >= 0.3 is 0 Å². The molecule has 5 rings (SSSR count). The van der Waals surface area contributed by atoms with Crippen LogP contribution in [0.4, 0.5) is 10.9 Å². The van der Waals surface area contributed by atoms with Crippen molar-refractivity contribution < 1.29 is 4.79 Å². The number of aromatic amines is 1. The molecule has 1 aromatic carbocycles. The number of carbonyl (C=O) groups excluding carboxylic acids is 1. The summed E-state index contributed by atoms with van der Waals surface area (Å²) in [5, 5.41) is 7.23. The standard InChI is InChI=1S/C23H23N5OS/c1-15-14-30-23(25-15)27-21-10-4-8-19(26-21)20-9-5-11-28(20)22(29)12-16-13-24-18-7-3-2-6-17(16)18/h2-4,6-8,10,13-14,20,24H,5,9,11-12H2,1H3,(H,25,26,27)/t20-/m0/s1. The number of thiazole rings is 1. The van der Waals surface area contributed by atoms with E-state index in [1.807, 2.05) is 59.8 Å². The second-order valence-corrected chi connectivity index (χ2v) is 8.51. The predicted molar refractivity (Wildman–Crippen MR) is 120 cm³/mol. The number of carbonyl (C=O) groups is 1. The van der Waals surface area contributed by atoms with Crippen LogP contribution in [-0.4, -0.2) is 32.3 Å². The monoisotopic (exact) mass is 417 g/mol. The molecule has 0 unspecified atom stereocenters. The summed E-state index contributed by atoms with van der Waals surface area (Å²) in [6.07, 6.45) is 4.28. The summed E-state index contributed by atoms with van der Waals surface area (Å²) in [6.45, 7) is 2.75. The molecule has 4 heterocycles. The third-order valence-corrected chi connectivity index (χ3v) is 6.43. The Morgan fingerprint density at radius 2 is 2.13 bits per heavy atom. The van der Waals surface area contributed by atoms with E-state index >= 15 is 0 Å². The fourth-order valence-corrected chi connectivity index (χ4v) is 4.84. The van der Waals surface area contributed by atoms with Crippen LogP contribution in [0.3, 0.4) is 0 Å². The van der Waals surface area contributed by atoms with Gasteiger partial charge in [0.2, 0.25) is 5.91 Å². The normalized spacial score (nSPS) is 16.3. The number of fused-ring (bicyclic) bond motifs is 1. The van der Waals surface area contributed by atoms with Crippen LogP contribution in [-0.2, 0) is 11.2 Å². The molecule has 0 bridgehead atoms. The summed E-state index contributed by atoms with van der Waals surface area (Å²) in [6, 6.07) is 14.1. The van der Waals surface area contributed by atoms with E-state index in [-0.39, 0.29) is 11.9 Å². The van der Waals surface area contributed by atoms with Gasteiger partial charge in [0.25, 0.3) is 0 Å². The maximum atomic E-state index is 13.2. The molecule has 1 aliphatic heterocycles. The quantitative estimate of drug-likeness (QED) is 0.480. The topological polar surface area (TPSA) is 73.9 Å². The summed E-state index contributed by atoms with van der Waals surface area (Å²) >= 11 is 1.56. The number of hydrogen-bond donors (Lipinski definition) is 2. The van der Waals surface area contributed by atoms with E-state index in [2.05, 4.69) is 21.4 Å². The van der Waals surface area contributed by atoms with Gasteiger partial charge in [-0.15, -0.1) is 11.3 Å². The molecule has 1 atom stereocenters. The highest BCUT2D eigenvalue weighted by molar-refractivity contribution is 7.13. The molecule has 1 amide bonds. The number of pyridine rings is 1. The number of amides is 1.